The molecule has 50 heavy (non-hydrogen) atoms. The largest absolute Gasteiger partial charge is 0.455 e. The highest BCUT2D eigenvalue weighted by atomic mass is 16.6. The molecule has 1 saturated heterocycles. The molecule has 1 aliphatic heterocycles. The molecular formula is C39H58N4O7. The summed E-state index contributed by atoms with van der Waals surface area (Å²) >= 11 is 0. The molecule has 0 amide bonds. The van der Waals surface area contributed by atoms with Crippen molar-refractivity contribution in [3.8, 4) is 16.9 Å². The predicted octanol–water partition coefficient (Wildman–Crippen LogP) is 7.38. The Morgan fingerprint density at radius 3 is 2.16 bits per heavy atom. The Hall–Kier alpha value is -3.22. The van der Waals surface area contributed by atoms with E-state index in [4.69, 9.17) is 28.4 Å². The van der Waals surface area contributed by atoms with Crippen molar-refractivity contribution < 1.29 is 33.2 Å². The molecule has 1 fully saturated rings. The maximum Gasteiger partial charge on any atom is 0.303 e. The van der Waals surface area contributed by atoms with Crippen LogP contribution in [0.25, 0.3) is 16.9 Å². The topological polar surface area (TPSA) is 116 Å². The number of esters is 1. The fraction of sp³-hybridized carbons (Fsp3) is 0.641. The monoisotopic (exact) mass is 694 g/mol. The molecule has 3 aromatic rings. The second-order valence-corrected chi connectivity index (χ2v) is 13.0. The van der Waals surface area contributed by atoms with Gasteiger partial charge in [0.25, 0.3) is 0 Å². The van der Waals surface area contributed by atoms with E-state index in [-0.39, 0.29) is 0 Å². The summed E-state index contributed by atoms with van der Waals surface area (Å²) in [6.07, 6.45) is 9.69. The van der Waals surface area contributed by atoms with Crippen LogP contribution in [-0.4, -0.2) is 89.5 Å². The first-order valence-electron chi connectivity index (χ1n) is 18.6. The highest BCUT2D eigenvalue weighted by Gasteiger charge is 2.52. The number of aryl methyl sites for hydroxylation is 1. The smallest absolute Gasteiger partial charge is 0.303 e. The highest BCUT2D eigenvalue weighted by Crippen LogP contribution is 2.38. The van der Waals surface area contributed by atoms with Crippen LogP contribution in [0.2, 0.25) is 0 Å². The molecule has 276 valence electrons. The van der Waals surface area contributed by atoms with Gasteiger partial charge in [-0.2, -0.15) is 0 Å². The van der Waals surface area contributed by atoms with E-state index in [1.807, 2.05) is 43.5 Å². The van der Waals surface area contributed by atoms with Gasteiger partial charge >= 0.3 is 5.97 Å². The van der Waals surface area contributed by atoms with Crippen LogP contribution in [0.5, 0.6) is 0 Å². The third-order valence-electron chi connectivity index (χ3n) is 8.89. The molecule has 2 unspecified atom stereocenters. The summed E-state index contributed by atoms with van der Waals surface area (Å²) in [6, 6.07) is 9.76. The zero-order valence-corrected chi connectivity index (χ0v) is 30.9. The maximum atomic E-state index is 12.8. The summed E-state index contributed by atoms with van der Waals surface area (Å²) in [7, 11) is 0. The fourth-order valence-electron chi connectivity index (χ4n) is 6.08. The molecule has 1 aliphatic rings. The van der Waals surface area contributed by atoms with Crippen molar-refractivity contribution in [1.29, 1.82) is 0 Å². The standard InChI is InChI=1S/C39H58N4O7/c1-7-11-20-45-27-34-36(46-21-12-8-2)37(47-22-13-9-3)38(48-23-14-10-4)39(50-34)35(49-29(6)44)32-18-17-31(24-28(32)5)43-26-33(41-42-43)30-16-15-19-40-25-30/h15-19,24-26,34-39H,7-14,20-23,27H2,1-6H3/t34?,35-,36-,37+,38?,39-/m1/s1. The van der Waals surface area contributed by atoms with Crippen LogP contribution in [0, 0.1) is 6.92 Å². The molecule has 4 rings (SSSR count). The van der Waals surface area contributed by atoms with E-state index in [1.165, 1.54) is 6.92 Å². The molecule has 2 aromatic heterocycles. The Bertz CT molecular complexity index is 1400. The quantitative estimate of drug-likeness (QED) is 0.0779. The van der Waals surface area contributed by atoms with Crippen LogP contribution in [-0.2, 0) is 33.2 Å². The first-order chi connectivity index (χ1) is 24.4. The first kappa shape index (κ1) is 39.6. The normalized spacial score (nSPS) is 21.3. The summed E-state index contributed by atoms with van der Waals surface area (Å²) < 4.78 is 41.0. The average molecular weight is 695 g/mol. The van der Waals surface area contributed by atoms with Gasteiger partial charge in [0.1, 0.15) is 36.2 Å². The summed E-state index contributed by atoms with van der Waals surface area (Å²) in [4.78, 5) is 17.0. The Morgan fingerprint density at radius 1 is 0.880 bits per heavy atom. The molecule has 6 atom stereocenters. The summed E-state index contributed by atoms with van der Waals surface area (Å²) in [5.74, 6) is -0.410. The third kappa shape index (κ3) is 11.1. The number of ether oxygens (including phenoxy) is 6. The van der Waals surface area contributed by atoms with Crippen molar-refractivity contribution in [2.24, 2.45) is 0 Å². The lowest BCUT2D eigenvalue weighted by Crippen LogP contribution is -2.63. The van der Waals surface area contributed by atoms with Gasteiger partial charge in [-0.15, -0.1) is 5.10 Å². The van der Waals surface area contributed by atoms with Gasteiger partial charge in [-0.05, 0) is 68.0 Å². The zero-order valence-electron chi connectivity index (χ0n) is 30.9. The summed E-state index contributed by atoms with van der Waals surface area (Å²) in [5, 5.41) is 8.73. The van der Waals surface area contributed by atoms with Gasteiger partial charge in [-0.1, -0.05) is 64.7 Å². The van der Waals surface area contributed by atoms with E-state index in [9.17, 15) is 4.79 Å². The van der Waals surface area contributed by atoms with Crippen molar-refractivity contribution in [2.75, 3.05) is 33.0 Å². The number of nitrogens with zero attached hydrogens (tertiary/aromatic N) is 4. The van der Waals surface area contributed by atoms with Crippen LogP contribution < -0.4 is 0 Å². The van der Waals surface area contributed by atoms with Crippen molar-refractivity contribution >= 4 is 5.97 Å². The minimum Gasteiger partial charge on any atom is -0.455 e. The number of rotatable bonds is 22. The van der Waals surface area contributed by atoms with Gasteiger partial charge in [-0.25, -0.2) is 4.68 Å². The molecule has 3 heterocycles. The zero-order chi connectivity index (χ0) is 35.7. The Kier molecular flexibility index (Phi) is 16.8. The van der Waals surface area contributed by atoms with Crippen molar-refractivity contribution in [3.63, 3.8) is 0 Å². The van der Waals surface area contributed by atoms with Gasteiger partial charge < -0.3 is 28.4 Å². The van der Waals surface area contributed by atoms with E-state index in [0.717, 1.165) is 79.4 Å². The van der Waals surface area contributed by atoms with E-state index in [0.29, 0.717) is 33.0 Å². The van der Waals surface area contributed by atoms with Gasteiger partial charge in [0.15, 0.2) is 6.10 Å². The molecule has 1 aromatic carbocycles. The molecule has 11 nitrogen and oxygen atoms in total. The number of benzene rings is 1. The molecule has 0 spiro atoms. The number of hydrogen-bond donors (Lipinski definition) is 0. The molecular weight excluding hydrogens is 636 g/mol. The van der Waals surface area contributed by atoms with Crippen LogP contribution in [0.4, 0.5) is 0 Å². The van der Waals surface area contributed by atoms with Gasteiger partial charge in [0.05, 0.1) is 18.5 Å². The fourth-order valence-corrected chi connectivity index (χ4v) is 6.08. The lowest BCUT2D eigenvalue weighted by molar-refractivity contribution is -0.283. The second kappa shape index (κ2) is 21.2. The van der Waals surface area contributed by atoms with Crippen LogP contribution >= 0.6 is 0 Å². The van der Waals surface area contributed by atoms with Gasteiger partial charge in [0.2, 0.25) is 0 Å². The minimum atomic E-state index is -0.776. The number of carbonyl (C=O) groups is 1. The Balaban J connectivity index is 1.73. The first-order valence-corrected chi connectivity index (χ1v) is 18.6. The van der Waals surface area contributed by atoms with E-state index in [2.05, 4.69) is 43.0 Å². The number of aromatic nitrogens is 4. The van der Waals surface area contributed by atoms with Crippen molar-refractivity contribution in [2.45, 2.75) is 130 Å². The third-order valence-corrected chi connectivity index (χ3v) is 8.89. The van der Waals surface area contributed by atoms with E-state index >= 15 is 0 Å². The van der Waals surface area contributed by atoms with Crippen LogP contribution in [0.3, 0.4) is 0 Å². The molecule has 0 bridgehead atoms. The lowest BCUT2D eigenvalue weighted by atomic mass is 9.87. The molecule has 0 aliphatic carbocycles. The minimum absolute atomic E-state index is 0.332. The Labute approximate surface area is 298 Å². The molecule has 11 heteroatoms. The highest BCUT2D eigenvalue weighted by molar-refractivity contribution is 5.66. The SMILES string of the molecule is CCCCOCC1O[C@H]([C@H](OC(C)=O)c2ccc(-n3cc(-c4cccnc4)nn3)cc2C)C(OCCCC)[C@@H](OCCCC)[C@@H]1OCCCC. The number of pyridine rings is 1. The molecule has 0 N–H and O–H groups in total. The second-order valence-electron chi connectivity index (χ2n) is 13.0. The van der Waals surface area contributed by atoms with Crippen LogP contribution in [0.15, 0.2) is 48.9 Å². The number of carbonyl (C=O) groups excluding carboxylic acids is 1. The van der Waals surface area contributed by atoms with E-state index < -0.39 is 42.6 Å². The van der Waals surface area contributed by atoms with Gasteiger partial charge in [0, 0.05) is 51.3 Å². The number of unbranched alkanes of at least 4 members (excludes halogenated alkanes) is 4. The lowest BCUT2D eigenvalue weighted by Gasteiger charge is -2.48. The summed E-state index contributed by atoms with van der Waals surface area (Å²) in [5.41, 5.74) is 4.14. The molecule has 0 saturated carbocycles. The number of hydrogen-bond acceptors (Lipinski definition) is 10. The van der Waals surface area contributed by atoms with Crippen molar-refractivity contribution in [3.05, 3.63) is 60.0 Å². The van der Waals surface area contributed by atoms with Crippen LogP contribution in [0.1, 0.15) is 103 Å². The van der Waals surface area contributed by atoms with Crippen molar-refractivity contribution in [1.82, 2.24) is 20.0 Å². The van der Waals surface area contributed by atoms with Gasteiger partial charge in [-0.3, -0.25) is 9.78 Å². The Morgan fingerprint density at radius 2 is 1.54 bits per heavy atom. The van der Waals surface area contributed by atoms with E-state index in [1.54, 1.807) is 17.1 Å². The summed E-state index contributed by atoms with van der Waals surface area (Å²) in [6.45, 7) is 14.6. The maximum absolute atomic E-state index is 12.8. The average Bonchev–Trinajstić information content (AvgIpc) is 3.62. The molecule has 0 radical (unpaired) electrons. The predicted molar refractivity (Wildman–Crippen MR) is 192 cm³/mol.